The molecule has 3 heterocycles. The Kier molecular flexibility index (Phi) is 3.06. The third-order valence-corrected chi connectivity index (χ3v) is 4.30. The van der Waals surface area contributed by atoms with Crippen molar-refractivity contribution < 1.29 is 4.92 Å². The minimum atomic E-state index is -0.465. The summed E-state index contributed by atoms with van der Waals surface area (Å²) in [7, 11) is 0. The number of aryl methyl sites for hydroxylation is 1. The zero-order chi connectivity index (χ0) is 14.3. The number of nitrogen functional groups attached to an aromatic ring is 1. The highest BCUT2D eigenvalue weighted by Gasteiger charge is 2.26. The maximum atomic E-state index is 11.2. The first-order valence-corrected chi connectivity index (χ1v) is 7.28. The predicted molar refractivity (Wildman–Crippen MR) is 73.4 cm³/mol. The molecule has 3 aromatic heterocycles. The van der Waals surface area contributed by atoms with Crippen molar-refractivity contribution >= 4 is 33.9 Å². The molecule has 0 saturated carbocycles. The molecule has 11 heteroatoms. The normalized spacial score (nSPS) is 11.2. The Morgan fingerprint density at radius 2 is 2.35 bits per heavy atom. The maximum absolute atomic E-state index is 11.2. The third-order valence-electron chi connectivity index (χ3n) is 2.62. The van der Waals surface area contributed by atoms with Crippen molar-refractivity contribution in [1.29, 1.82) is 0 Å². The second-order valence-electron chi connectivity index (χ2n) is 3.78. The number of nitrogens with zero attached hydrogens (tertiary/aromatic N) is 6. The lowest BCUT2D eigenvalue weighted by Crippen LogP contribution is -2.13. The maximum Gasteiger partial charge on any atom is 0.363 e. The fraction of sp³-hybridized carbons (Fsp3) is 0.222. The van der Waals surface area contributed by atoms with Crippen molar-refractivity contribution in [3.8, 4) is 0 Å². The van der Waals surface area contributed by atoms with E-state index in [9.17, 15) is 10.1 Å². The third kappa shape index (κ3) is 1.91. The number of imidazole rings is 1. The molecule has 3 rings (SSSR count). The number of thiazole rings is 1. The van der Waals surface area contributed by atoms with Crippen LogP contribution < -0.4 is 5.84 Å². The van der Waals surface area contributed by atoms with Crippen LogP contribution in [0.15, 0.2) is 21.8 Å². The van der Waals surface area contributed by atoms with Crippen LogP contribution in [0.5, 0.6) is 0 Å². The summed E-state index contributed by atoms with van der Waals surface area (Å²) in [6, 6.07) is 0. The molecule has 0 amide bonds. The Morgan fingerprint density at radius 3 is 3.00 bits per heavy atom. The second-order valence-corrected chi connectivity index (χ2v) is 5.61. The first-order valence-electron chi connectivity index (χ1n) is 5.59. The Hall–Kier alpha value is -2.14. The zero-order valence-electron chi connectivity index (χ0n) is 10.3. The molecule has 0 atom stereocenters. The smallest absolute Gasteiger partial charge is 0.358 e. The fourth-order valence-electron chi connectivity index (χ4n) is 1.69. The molecule has 0 aliphatic rings. The number of aromatic nitrogens is 5. The van der Waals surface area contributed by atoms with E-state index in [0.29, 0.717) is 22.4 Å². The van der Waals surface area contributed by atoms with E-state index in [1.54, 1.807) is 11.6 Å². The van der Waals surface area contributed by atoms with Gasteiger partial charge in [0.1, 0.15) is 6.20 Å². The van der Waals surface area contributed by atoms with Crippen LogP contribution in [0.25, 0.3) is 4.96 Å². The lowest BCUT2D eigenvalue weighted by atomic mass is 10.5. The van der Waals surface area contributed by atoms with E-state index >= 15 is 0 Å². The Labute approximate surface area is 120 Å². The molecule has 0 unspecified atom stereocenters. The summed E-state index contributed by atoms with van der Waals surface area (Å²) in [4.78, 5) is 15.5. The average molecular weight is 311 g/mol. The molecular weight excluding hydrogens is 302 g/mol. The summed E-state index contributed by atoms with van der Waals surface area (Å²) in [6.07, 6.45) is 2.24. The molecule has 0 aliphatic heterocycles. The van der Waals surface area contributed by atoms with E-state index < -0.39 is 4.92 Å². The van der Waals surface area contributed by atoms with Crippen molar-refractivity contribution in [2.45, 2.75) is 23.5 Å². The summed E-state index contributed by atoms with van der Waals surface area (Å²) in [5, 5.41) is 21.4. The number of fused-ring (bicyclic) bond motifs is 1. The van der Waals surface area contributed by atoms with Crippen molar-refractivity contribution in [2.24, 2.45) is 0 Å². The minimum absolute atomic E-state index is 0.0905. The summed E-state index contributed by atoms with van der Waals surface area (Å²) in [5.74, 6) is 6.34. The quantitative estimate of drug-likeness (QED) is 0.438. The molecule has 0 fully saturated rings. The van der Waals surface area contributed by atoms with Gasteiger partial charge in [0, 0.05) is 11.8 Å². The lowest BCUT2D eigenvalue weighted by molar-refractivity contribution is -0.393. The van der Waals surface area contributed by atoms with Gasteiger partial charge in [-0.05, 0) is 16.7 Å². The van der Waals surface area contributed by atoms with Gasteiger partial charge >= 0.3 is 5.82 Å². The highest BCUT2D eigenvalue weighted by Crippen LogP contribution is 2.34. The van der Waals surface area contributed by atoms with Crippen LogP contribution in [0, 0.1) is 10.1 Å². The largest absolute Gasteiger partial charge is 0.363 e. The monoisotopic (exact) mass is 311 g/mol. The van der Waals surface area contributed by atoms with Gasteiger partial charge in [-0.1, -0.05) is 18.3 Å². The Balaban J connectivity index is 2.05. The van der Waals surface area contributed by atoms with E-state index in [1.165, 1.54) is 20.4 Å². The van der Waals surface area contributed by atoms with Crippen molar-refractivity contribution in [1.82, 2.24) is 24.3 Å². The van der Waals surface area contributed by atoms with Gasteiger partial charge in [0.15, 0.2) is 5.82 Å². The van der Waals surface area contributed by atoms with Crippen molar-refractivity contribution in [3.63, 3.8) is 0 Å². The first-order chi connectivity index (χ1) is 9.61. The topological polar surface area (TPSA) is 117 Å². The molecule has 0 aliphatic carbocycles. The molecule has 3 aromatic rings. The predicted octanol–water partition coefficient (Wildman–Crippen LogP) is 1.32. The zero-order valence-corrected chi connectivity index (χ0v) is 11.9. The van der Waals surface area contributed by atoms with Crippen LogP contribution in [0.1, 0.15) is 12.7 Å². The molecular formula is C9H9N7O2S2. The number of hydrogen-bond acceptors (Lipinski definition) is 8. The van der Waals surface area contributed by atoms with Gasteiger partial charge in [0.05, 0.1) is 0 Å². The van der Waals surface area contributed by atoms with Crippen LogP contribution in [0.2, 0.25) is 0 Å². The molecule has 0 spiro atoms. The fourth-order valence-corrected chi connectivity index (χ4v) is 3.31. The van der Waals surface area contributed by atoms with Gasteiger partial charge in [-0.2, -0.15) is 9.38 Å². The first kappa shape index (κ1) is 12.9. The van der Waals surface area contributed by atoms with Gasteiger partial charge in [0.25, 0.3) is 4.96 Å². The van der Waals surface area contributed by atoms with Crippen molar-refractivity contribution in [3.05, 3.63) is 27.5 Å². The molecule has 0 aromatic carbocycles. The number of nitro groups is 1. The van der Waals surface area contributed by atoms with Crippen molar-refractivity contribution in [2.75, 3.05) is 5.84 Å². The van der Waals surface area contributed by atoms with Crippen LogP contribution >= 0.6 is 23.1 Å². The number of rotatable bonds is 4. The minimum Gasteiger partial charge on any atom is -0.358 e. The van der Waals surface area contributed by atoms with Gasteiger partial charge in [-0.15, -0.1) is 10.2 Å². The van der Waals surface area contributed by atoms with E-state index in [-0.39, 0.29) is 10.8 Å². The molecule has 0 saturated heterocycles. The number of nitrogens with two attached hydrogens (primary N) is 1. The second kappa shape index (κ2) is 4.76. The van der Waals surface area contributed by atoms with Gasteiger partial charge in [0.2, 0.25) is 10.2 Å². The summed E-state index contributed by atoms with van der Waals surface area (Å²) >= 11 is 2.36. The Morgan fingerprint density at radius 1 is 1.55 bits per heavy atom. The van der Waals surface area contributed by atoms with E-state index in [0.717, 1.165) is 11.8 Å². The standard InChI is InChI=1S/C9H9N7O2S2/c1-2-5-12-13-9(15(5)10)20-6-7(16(17)18)14-3-4-19-8(14)11-6/h3-4H,2,10H2,1H3. The van der Waals surface area contributed by atoms with Gasteiger partial charge in [-0.25, -0.2) is 4.68 Å². The van der Waals surface area contributed by atoms with Crippen LogP contribution in [0.4, 0.5) is 5.82 Å². The SMILES string of the molecule is CCc1nnc(Sc2nc3sccn3c2[N+](=O)[O-])n1N. The van der Waals surface area contributed by atoms with E-state index in [4.69, 9.17) is 5.84 Å². The molecule has 20 heavy (non-hydrogen) atoms. The summed E-state index contributed by atoms with van der Waals surface area (Å²) in [5.41, 5.74) is 0. The highest BCUT2D eigenvalue weighted by atomic mass is 32.2. The van der Waals surface area contributed by atoms with Crippen LogP contribution in [-0.4, -0.2) is 29.2 Å². The molecule has 0 bridgehead atoms. The lowest BCUT2D eigenvalue weighted by Gasteiger charge is -2.00. The molecule has 0 radical (unpaired) electrons. The molecule has 104 valence electrons. The van der Waals surface area contributed by atoms with E-state index in [1.807, 2.05) is 6.92 Å². The van der Waals surface area contributed by atoms with Gasteiger partial charge in [-0.3, -0.25) is 0 Å². The number of hydrogen-bond donors (Lipinski definition) is 1. The summed E-state index contributed by atoms with van der Waals surface area (Å²) in [6.45, 7) is 1.90. The van der Waals surface area contributed by atoms with Crippen LogP contribution in [0.3, 0.4) is 0 Å². The average Bonchev–Trinajstić information content (AvgIpc) is 3.05. The van der Waals surface area contributed by atoms with E-state index in [2.05, 4.69) is 15.2 Å². The molecule has 2 N–H and O–H groups in total. The van der Waals surface area contributed by atoms with Crippen LogP contribution in [-0.2, 0) is 6.42 Å². The molecule has 9 nitrogen and oxygen atoms in total. The summed E-state index contributed by atoms with van der Waals surface area (Å²) < 4.78 is 2.76. The highest BCUT2D eigenvalue weighted by molar-refractivity contribution is 7.99. The Bertz CT molecular complexity index is 790. The van der Waals surface area contributed by atoms with Gasteiger partial charge < -0.3 is 16.0 Å².